The third kappa shape index (κ3) is 4.47. The highest BCUT2D eigenvalue weighted by Gasteiger charge is 2.30. The number of para-hydroxylation sites is 2. The summed E-state index contributed by atoms with van der Waals surface area (Å²) in [5.41, 5.74) is 12.1. The van der Waals surface area contributed by atoms with Crippen LogP contribution in [0.1, 0.15) is 31.7 Å². The highest BCUT2D eigenvalue weighted by Crippen LogP contribution is 2.37. The van der Waals surface area contributed by atoms with Gasteiger partial charge in [0.15, 0.2) is 5.65 Å². The van der Waals surface area contributed by atoms with Crippen LogP contribution in [0.25, 0.3) is 33.3 Å². The number of imidazole rings is 1. The van der Waals surface area contributed by atoms with Gasteiger partial charge in [-0.05, 0) is 57.0 Å². The van der Waals surface area contributed by atoms with Gasteiger partial charge in [0.1, 0.15) is 17.8 Å². The average Bonchev–Trinajstić information content (AvgIpc) is 3.53. The average molecular weight is 537 g/mol. The highest BCUT2D eigenvalue weighted by atomic mass is 15.3. The molecule has 2 aromatic carbocycles. The molecule has 10 nitrogen and oxygen atoms in total. The normalized spacial score (nSPS) is 20.9. The van der Waals surface area contributed by atoms with Crippen molar-refractivity contribution in [2.45, 2.75) is 37.8 Å². The first-order valence-electron chi connectivity index (χ1n) is 14.3. The van der Waals surface area contributed by atoms with Gasteiger partial charge in [0.2, 0.25) is 5.95 Å². The van der Waals surface area contributed by atoms with Crippen LogP contribution >= 0.6 is 0 Å². The number of anilines is 3. The number of piperazine rings is 1. The maximum Gasteiger partial charge on any atom is 0.208 e. The van der Waals surface area contributed by atoms with E-state index in [0.717, 1.165) is 70.9 Å². The number of aryl methyl sites for hydroxylation is 1. The molecule has 5 aromatic rings. The van der Waals surface area contributed by atoms with Gasteiger partial charge < -0.3 is 20.5 Å². The molecule has 0 radical (unpaired) electrons. The molecule has 4 heterocycles. The lowest BCUT2D eigenvalue weighted by molar-refractivity contribution is 0.0815. The van der Waals surface area contributed by atoms with Crippen molar-refractivity contribution < 1.29 is 0 Å². The van der Waals surface area contributed by atoms with Gasteiger partial charge in [-0.1, -0.05) is 24.3 Å². The van der Waals surface area contributed by atoms with Gasteiger partial charge in [0.05, 0.1) is 22.5 Å². The van der Waals surface area contributed by atoms with E-state index in [0.29, 0.717) is 17.9 Å². The Labute approximate surface area is 233 Å². The number of nitrogens with zero attached hydrogens (tertiary/aromatic N) is 8. The van der Waals surface area contributed by atoms with Crippen molar-refractivity contribution in [1.29, 1.82) is 0 Å². The molecule has 1 aliphatic heterocycles. The maximum absolute atomic E-state index is 6.42. The minimum atomic E-state index is 0.313. The topological polar surface area (TPSA) is 106 Å². The Morgan fingerprint density at radius 3 is 2.33 bits per heavy atom. The molecule has 206 valence electrons. The molecule has 3 aromatic heterocycles. The SMILES string of the molecule is CN1CCN(C2CCC(n3nc(-c4ccc(Nc5nc6ccccc6n5C)cc4)c4c(N)ncnc43)CC2)CC1. The van der Waals surface area contributed by atoms with Crippen LogP contribution in [0, 0.1) is 0 Å². The summed E-state index contributed by atoms with van der Waals surface area (Å²) in [7, 11) is 4.24. The molecule has 10 heteroatoms. The molecule has 7 rings (SSSR count). The summed E-state index contributed by atoms with van der Waals surface area (Å²) >= 11 is 0. The van der Waals surface area contributed by atoms with Crippen molar-refractivity contribution in [3.63, 3.8) is 0 Å². The van der Waals surface area contributed by atoms with Crippen molar-refractivity contribution >= 4 is 39.5 Å². The van der Waals surface area contributed by atoms with Gasteiger partial charge in [0, 0.05) is 50.5 Å². The molecule has 1 saturated carbocycles. The summed E-state index contributed by atoms with van der Waals surface area (Å²) in [6, 6.07) is 17.4. The molecule has 40 heavy (non-hydrogen) atoms. The summed E-state index contributed by atoms with van der Waals surface area (Å²) in [4.78, 5) is 18.8. The smallest absolute Gasteiger partial charge is 0.208 e. The predicted octanol–water partition coefficient (Wildman–Crippen LogP) is 4.44. The minimum Gasteiger partial charge on any atom is -0.383 e. The first-order valence-corrected chi connectivity index (χ1v) is 14.3. The zero-order valence-corrected chi connectivity index (χ0v) is 23.2. The number of likely N-dealkylation sites (N-methyl/N-ethyl adjacent to an activating group) is 1. The summed E-state index contributed by atoms with van der Waals surface area (Å²) in [6.07, 6.45) is 6.12. The van der Waals surface area contributed by atoms with Crippen LogP contribution in [0.4, 0.5) is 17.5 Å². The predicted molar refractivity (Wildman–Crippen MR) is 160 cm³/mol. The summed E-state index contributed by atoms with van der Waals surface area (Å²) in [6.45, 7) is 4.67. The molecule has 1 aliphatic carbocycles. The molecule has 2 fully saturated rings. The number of hydrogen-bond donors (Lipinski definition) is 2. The van der Waals surface area contributed by atoms with Gasteiger partial charge in [-0.15, -0.1) is 0 Å². The van der Waals surface area contributed by atoms with Crippen LogP contribution in [0.3, 0.4) is 0 Å². The van der Waals surface area contributed by atoms with Gasteiger partial charge in [-0.25, -0.2) is 19.6 Å². The number of benzene rings is 2. The van der Waals surface area contributed by atoms with Crippen molar-refractivity contribution in [3.8, 4) is 11.3 Å². The third-order valence-electron chi connectivity index (χ3n) is 8.79. The van der Waals surface area contributed by atoms with Crippen molar-refractivity contribution in [2.24, 2.45) is 7.05 Å². The number of nitrogens with one attached hydrogen (secondary N) is 1. The Balaban J connectivity index is 1.13. The number of hydrogen-bond acceptors (Lipinski definition) is 8. The molecule has 1 saturated heterocycles. The van der Waals surface area contributed by atoms with Gasteiger partial charge in [-0.3, -0.25) is 4.90 Å². The Hall–Kier alpha value is -4.02. The molecular formula is C30H36N10. The van der Waals surface area contributed by atoms with E-state index in [4.69, 9.17) is 15.8 Å². The van der Waals surface area contributed by atoms with Crippen molar-refractivity contribution in [1.82, 2.24) is 39.1 Å². The van der Waals surface area contributed by atoms with E-state index in [1.165, 1.54) is 25.9 Å². The van der Waals surface area contributed by atoms with Crippen molar-refractivity contribution in [3.05, 3.63) is 54.9 Å². The second-order valence-electron chi connectivity index (χ2n) is 11.2. The molecule has 0 amide bonds. The number of rotatable bonds is 5. The number of aromatic nitrogens is 6. The Bertz CT molecular complexity index is 1640. The van der Waals surface area contributed by atoms with E-state index in [9.17, 15) is 0 Å². The lowest BCUT2D eigenvalue weighted by Crippen LogP contribution is -2.49. The fourth-order valence-corrected chi connectivity index (χ4v) is 6.40. The Morgan fingerprint density at radius 2 is 1.57 bits per heavy atom. The standard InChI is InChI=1S/C30H36N10/c1-37-15-17-39(18-16-37)22-11-13-23(14-12-22)40-29-26(28(31)32-19-33-29)27(36-40)20-7-9-21(10-8-20)34-30-35-24-5-3-4-6-25(24)38(30)2/h3-10,19,22-23H,11-18H2,1-2H3,(H,34,35)(H2,31,32,33). The number of fused-ring (bicyclic) bond motifs is 2. The minimum absolute atomic E-state index is 0.313. The molecule has 0 bridgehead atoms. The summed E-state index contributed by atoms with van der Waals surface area (Å²) < 4.78 is 4.18. The van der Waals surface area contributed by atoms with E-state index in [1.807, 2.05) is 25.2 Å². The number of nitrogen functional groups attached to an aromatic ring is 1. The van der Waals surface area contributed by atoms with Crippen LogP contribution in [0.15, 0.2) is 54.9 Å². The molecule has 2 aliphatic rings. The van der Waals surface area contributed by atoms with E-state index < -0.39 is 0 Å². The lowest BCUT2D eigenvalue weighted by atomic mass is 9.90. The second kappa shape index (κ2) is 10.2. The van der Waals surface area contributed by atoms with Crippen LogP contribution < -0.4 is 11.1 Å². The Kier molecular flexibility index (Phi) is 6.36. The first-order chi connectivity index (χ1) is 19.5. The van der Waals surface area contributed by atoms with Gasteiger partial charge in [-0.2, -0.15) is 5.10 Å². The molecular weight excluding hydrogens is 500 g/mol. The fraction of sp³-hybridized carbons (Fsp3) is 0.400. The summed E-state index contributed by atoms with van der Waals surface area (Å²) in [5.74, 6) is 1.27. The number of nitrogens with two attached hydrogens (primary N) is 1. The van der Waals surface area contributed by atoms with Crippen molar-refractivity contribution in [2.75, 3.05) is 44.3 Å². The quantitative estimate of drug-likeness (QED) is 0.340. The molecule has 3 N–H and O–H groups in total. The van der Waals surface area contributed by atoms with E-state index >= 15 is 0 Å². The van der Waals surface area contributed by atoms with Gasteiger partial charge >= 0.3 is 0 Å². The largest absolute Gasteiger partial charge is 0.383 e. The highest BCUT2D eigenvalue weighted by molar-refractivity contribution is 5.98. The lowest BCUT2D eigenvalue weighted by Gasteiger charge is -2.41. The zero-order chi connectivity index (χ0) is 27.2. The fourth-order valence-electron chi connectivity index (χ4n) is 6.40. The molecule has 0 unspecified atom stereocenters. The third-order valence-corrected chi connectivity index (χ3v) is 8.79. The first kappa shape index (κ1) is 25.0. The van der Waals surface area contributed by atoms with Gasteiger partial charge in [0.25, 0.3) is 0 Å². The maximum atomic E-state index is 6.42. The summed E-state index contributed by atoms with van der Waals surface area (Å²) in [5, 5.41) is 9.41. The van der Waals surface area contributed by atoms with E-state index in [2.05, 4.69) is 71.7 Å². The van der Waals surface area contributed by atoms with Crippen LogP contribution in [-0.4, -0.2) is 78.4 Å². The van der Waals surface area contributed by atoms with E-state index in [1.54, 1.807) is 6.33 Å². The van der Waals surface area contributed by atoms with Crippen LogP contribution in [0.5, 0.6) is 0 Å². The zero-order valence-electron chi connectivity index (χ0n) is 23.2. The molecule has 0 spiro atoms. The Morgan fingerprint density at radius 1 is 0.850 bits per heavy atom. The molecule has 0 atom stereocenters. The van der Waals surface area contributed by atoms with E-state index in [-0.39, 0.29) is 0 Å². The second-order valence-corrected chi connectivity index (χ2v) is 11.2. The monoisotopic (exact) mass is 536 g/mol. The van der Waals surface area contributed by atoms with Crippen LogP contribution in [0.2, 0.25) is 0 Å². The van der Waals surface area contributed by atoms with Crippen LogP contribution in [-0.2, 0) is 7.05 Å².